The molecule has 0 atom stereocenters. The maximum absolute atomic E-state index is 11.8. The fourth-order valence-electron chi connectivity index (χ4n) is 1.94. The Labute approximate surface area is 102 Å². The van der Waals surface area contributed by atoms with Crippen molar-refractivity contribution < 1.29 is 4.79 Å². The first kappa shape index (κ1) is 14.8. The molecule has 88 valence electrons. The predicted octanol–water partition coefficient (Wildman–Crippen LogP) is 1.80. The van der Waals surface area contributed by atoms with Gasteiger partial charge < -0.3 is 11.1 Å². The lowest BCUT2D eigenvalue weighted by molar-refractivity contribution is -0.130. The van der Waals surface area contributed by atoms with E-state index in [1.165, 1.54) is 0 Å². The fraction of sp³-hybridized carbons (Fsp3) is 0.700. The van der Waals surface area contributed by atoms with Crippen LogP contribution in [0.15, 0.2) is 11.6 Å². The van der Waals surface area contributed by atoms with Gasteiger partial charge in [-0.05, 0) is 12.8 Å². The predicted molar refractivity (Wildman–Crippen MR) is 65.2 cm³/mol. The van der Waals surface area contributed by atoms with Crippen LogP contribution in [0.2, 0.25) is 0 Å². The van der Waals surface area contributed by atoms with Gasteiger partial charge in [-0.3, -0.25) is 4.79 Å². The molecule has 0 aliphatic heterocycles. The van der Waals surface area contributed by atoms with Gasteiger partial charge in [0.15, 0.2) is 0 Å². The maximum atomic E-state index is 11.8. The van der Waals surface area contributed by atoms with Gasteiger partial charge in [-0.1, -0.05) is 31.0 Å². The van der Waals surface area contributed by atoms with E-state index in [1.54, 1.807) is 0 Å². The molecule has 0 aromatic carbocycles. The topological polar surface area (TPSA) is 55.1 Å². The number of hydrogen-bond acceptors (Lipinski definition) is 2. The van der Waals surface area contributed by atoms with E-state index in [9.17, 15) is 4.79 Å². The van der Waals surface area contributed by atoms with Crippen LogP contribution in [0, 0.1) is 5.41 Å². The molecule has 1 aliphatic carbocycles. The van der Waals surface area contributed by atoms with E-state index in [2.05, 4.69) is 11.9 Å². The molecule has 1 aliphatic rings. The molecule has 1 saturated carbocycles. The molecule has 0 unspecified atom stereocenters. The van der Waals surface area contributed by atoms with Crippen LogP contribution in [0.1, 0.15) is 25.7 Å². The van der Waals surface area contributed by atoms with Gasteiger partial charge >= 0.3 is 0 Å². The number of nitrogens with two attached hydrogens (primary N) is 1. The summed E-state index contributed by atoms with van der Waals surface area (Å²) in [7, 11) is 0. The zero-order valence-corrected chi connectivity index (χ0v) is 10.3. The van der Waals surface area contributed by atoms with Crippen molar-refractivity contribution in [2.75, 3.05) is 13.1 Å². The second-order valence-electron chi connectivity index (χ2n) is 3.89. The summed E-state index contributed by atoms with van der Waals surface area (Å²) in [5.41, 5.74) is 5.32. The van der Waals surface area contributed by atoms with Crippen LogP contribution in [-0.4, -0.2) is 19.0 Å². The van der Waals surface area contributed by atoms with E-state index < -0.39 is 0 Å². The number of carbonyl (C=O) groups excluding carboxylic acids is 1. The molecule has 0 bridgehead atoms. The highest BCUT2D eigenvalue weighted by molar-refractivity contribution is 6.29. The number of rotatable bonds is 4. The van der Waals surface area contributed by atoms with Crippen LogP contribution >= 0.6 is 24.0 Å². The first-order valence-corrected chi connectivity index (χ1v) is 5.30. The van der Waals surface area contributed by atoms with Crippen molar-refractivity contribution in [3.63, 3.8) is 0 Å². The highest BCUT2D eigenvalue weighted by Crippen LogP contribution is 2.37. The Morgan fingerprint density at radius 3 is 2.40 bits per heavy atom. The molecule has 1 amide bonds. The van der Waals surface area contributed by atoms with Crippen molar-refractivity contribution in [1.82, 2.24) is 5.32 Å². The minimum Gasteiger partial charge on any atom is -0.351 e. The zero-order valence-electron chi connectivity index (χ0n) is 8.72. The van der Waals surface area contributed by atoms with Gasteiger partial charge in [-0.25, -0.2) is 0 Å². The second-order valence-corrected chi connectivity index (χ2v) is 4.43. The van der Waals surface area contributed by atoms with Crippen molar-refractivity contribution in [2.45, 2.75) is 25.7 Å². The SMILES string of the molecule is C=C(Cl)CNC(=O)C1(CN)CCCC1.Cl. The standard InChI is InChI=1S/C10H17ClN2O.ClH/c1-8(11)6-13-9(14)10(7-12)4-2-3-5-10;/h1-7,12H2,(H,13,14);1H. The highest BCUT2D eigenvalue weighted by atomic mass is 35.5. The molecule has 1 fully saturated rings. The summed E-state index contributed by atoms with van der Waals surface area (Å²) in [5, 5.41) is 3.21. The summed E-state index contributed by atoms with van der Waals surface area (Å²) < 4.78 is 0. The third-order valence-corrected chi connectivity index (χ3v) is 3.01. The van der Waals surface area contributed by atoms with Gasteiger partial charge in [0.2, 0.25) is 5.91 Å². The molecule has 0 aromatic rings. The summed E-state index contributed by atoms with van der Waals surface area (Å²) in [6, 6.07) is 0. The summed E-state index contributed by atoms with van der Waals surface area (Å²) in [5.74, 6) is 0.0271. The number of carbonyl (C=O) groups is 1. The Balaban J connectivity index is 0.00000196. The molecule has 0 radical (unpaired) electrons. The second kappa shape index (κ2) is 6.36. The van der Waals surface area contributed by atoms with Crippen LogP contribution in [0.5, 0.6) is 0 Å². The smallest absolute Gasteiger partial charge is 0.227 e. The van der Waals surface area contributed by atoms with E-state index >= 15 is 0 Å². The number of halogens is 2. The molecule has 1 rings (SSSR count). The van der Waals surface area contributed by atoms with Gasteiger partial charge in [-0.2, -0.15) is 0 Å². The summed E-state index contributed by atoms with van der Waals surface area (Å²) >= 11 is 5.58. The Kier molecular flexibility index (Phi) is 6.25. The Hall–Kier alpha value is -0.250. The molecule has 0 heterocycles. The quantitative estimate of drug-likeness (QED) is 0.802. The van der Waals surface area contributed by atoms with Crippen LogP contribution in [0.3, 0.4) is 0 Å². The first-order valence-electron chi connectivity index (χ1n) is 4.92. The van der Waals surface area contributed by atoms with Gasteiger partial charge in [0.1, 0.15) is 0 Å². The van der Waals surface area contributed by atoms with E-state index in [0.717, 1.165) is 25.7 Å². The molecule has 3 nitrogen and oxygen atoms in total. The average molecular weight is 253 g/mol. The summed E-state index contributed by atoms with van der Waals surface area (Å²) in [4.78, 5) is 11.8. The number of nitrogens with one attached hydrogen (secondary N) is 1. The van der Waals surface area contributed by atoms with Crippen molar-refractivity contribution in [3.05, 3.63) is 11.6 Å². The lowest BCUT2D eigenvalue weighted by atomic mass is 9.85. The molecular formula is C10H18Cl2N2O. The minimum absolute atomic E-state index is 0. The molecule has 0 aromatic heterocycles. The van der Waals surface area contributed by atoms with Crippen molar-refractivity contribution in [1.29, 1.82) is 0 Å². The lowest BCUT2D eigenvalue weighted by Crippen LogP contribution is -2.44. The Morgan fingerprint density at radius 2 is 2.00 bits per heavy atom. The zero-order chi connectivity index (χ0) is 10.6. The molecule has 3 N–H and O–H groups in total. The Morgan fingerprint density at radius 1 is 1.47 bits per heavy atom. The normalized spacial score (nSPS) is 18.0. The van der Waals surface area contributed by atoms with E-state index in [1.807, 2.05) is 0 Å². The Bertz CT molecular complexity index is 238. The third-order valence-electron chi connectivity index (χ3n) is 2.87. The monoisotopic (exact) mass is 252 g/mol. The summed E-state index contributed by atoms with van der Waals surface area (Å²) in [6.07, 6.45) is 3.97. The highest BCUT2D eigenvalue weighted by Gasteiger charge is 2.39. The van der Waals surface area contributed by atoms with Crippen LogP contribution in [-0.2, 0) is 4.79 Å². The van der Waals surface area contributed by atoms with Crippen LogP contribution in [0.25, 0.3) is 0 Å². The fourth-order valence-corrected chi connectivity index (χ4v) is 2.01. The third kappa shape index (κ3) is 3.67. The van der Waals surface area contributed by atoms with Crippen molar-refractivity contribution in [2.24, 2.45) is 11.1 Å². The largest absolute Gasteiger partial charge is 0.351 e. The maximum Gasteiger partial charge on any atom is 0.227 e. The number of amides is 1. The first-order chi connectivity index (χ1) is 6.60. The lowest BCUT2D eigenvalue weighted by Gasteiger charge is -2.25. The van der Waals surface area contributed by atoms with E-state index in [0.29, 0.717) is 18.1 Å². The van der Waals surface area contributed by atoms with Crippen LogP contribution < -0.4 is 11.1 Å². The molecule has 0 saturated heterocycles. The summed E-state index contributed by atoms with van der Waals surface area (Å²) in [6.45, 7) is 4.28. The van der Waals surface area contributed by atoms with Crippen molar-refractivity contribution >= 4 is 29.9 Å². The van der Waals surface area contributed by atoms with E-state index in [-0.39, 0.29) is 23.7 Å². The number of hydrogen-bond donors (Lipinski definition) is 2. The molecule has 5 heteroatoms. The van der Waals surface area contributed by atoms with Gasteiger partial charge in [0.25, 0.3) is 0 Å². The van der Waals surface area contributed by atoms with Crippen LogP contribution in [0.4, 0.5) is 0 Å². The van der Waals surface area contributed by atoms with Gasteiger partial charge in [0.05, 0.1) is 12.0 Å². The van der Waals surface area contributed by atoms with Crippen molar-refractivity contribution in [3.8, 4) is 0 Å². The van der Waals surface area contributed by atoms with Gasteiger partial charge in [-0.15, -0.1) is 12.4 Å². The minimum atomic E-state index is -0.341. The average Bonchev–Trinajstić information content (AvgIpc) is 2.63. The molecular weight excluding hydrogens is 235 g/mol. The van der Waals surface area contributed by atoms with E-state index in [4.69, 9.17) is 17.3 Å². The van der Waals surface area contributed by atoms with Gasteiger partial charge in [0, 0.05) is 11.6 Å². The molecule has 15 heavy (non-hydrogen) atoms. The molecule has 0 spiro atoms.